The van der Waals surface area contributed by atoms with Crippen molar-refractivity contribution in [3.05, 3.63) is 65.2 Å². The maximum atomic E-state index is 12.8. The minimum Gasteiger partial charge on any atom is -0.283 e. The van der Waals surface area contributed by atoms with Crippen LogP contribution in [0.25, 0.3) is 0 Å². The Labute approximate surface area is 166 Å². The van der Waals surface area contributed by atoms with Crippen LogP contribution >= 0.6 is 0 Å². The molecule has 0 spiro atoms. The van der Waals surface area contributed by atoms with E-state index in [-0.39, 0.29) is 17.9 Å². The van der Waals surface area contributed by atoms with Gasteiger partial charge in [-0.15, -0.1) is 0 Å². The lowest BCUT2D eigenvalue weighted by molar-refractivity contribution is -0.136. The Morgan fingerprint density at radius 2 is 1.89 bits per heavy atom. The molecular weight excluding hydrogens is 374 g/mol. The monoisotopic (exact) mass is 399 g/mol. The van der Waals surface area contributed by atoms with Gasteiger partial charge < -0.3 is 0 Å². The van der Waals surface area contributed by atoms with Crippen molar-refractivity contribution in [1.82, 2.24) is 5.01 Å². The lowest BCUT2D eigenvalue weighted by Gasteiger charge is -2.23. The van der Waals surface area contributed by atoms with Gasteiger partial charge in [-0.2, -0.15) is 5.10 Å². The standard InChI is InChI=1S/C21H25N3O3S/c1-14(2)21(25)24-20(16-9-7-8-15(3)12-16)13-19(22-24)17-10-5-6-11-18(17)23-28(4,26)27/h5-12,14,20,23H,13H2,1-4H3/t20-/m1/s1. The fraction of sp³-hybridized carbons (Fsp3) is 0.333. The zero-order valence-electron chi connectivity index (χ0n) is 16.5. The number of amides is 1. The number of hydrazone groups is 1. The molecule has 2 aromatic rings. The highest BCUT2D eigenvalue weighted by atomic mass is 32.2. The van der Waals surface area contributed by atoms with E-state index in [0.29, 0.717) is 23.4 Å². The van der Waals surface area contributed by atoms with E-state index in [0.717, 1.165) is 17.4 Å². The summed E-state index contributed by atoms with van der Waals surface area (Å²) in [6, 6.07) is 15.0. The lowest BCUT2D eigenvalue weighted by atomic mass is 9.96. The first-order valence-electron chi connectivity index (χ1n) is 9.20. The highest BCUT2D eigenvalue weighted by Crippen LogP contribution is 2.35. The summed E-state index contributed by atoms with van der Waals surface area (Å²) in [6.07, 6.45) is 1.63. The van der Waals surface area contributed by atoms with Gasteiger partial charge in [0.1, 0.15) is 0 Å². The zero-order valence-corrected chi connectivity index (χ0v) is 17.3. The Bertz CT molecular complexity index is 1030. The second-order valence-electron chi connectivity index (χ2n) is 7.44. The van der Waals surface area contributed by atoms with E-state index in [1.807, 2.05) is 51.1 Å². The molecule has 1 aliphatic heterocycles. The maximum absolute atomic E-state index is 12.8. The van der Waals surface area contributed by atoms with Crippen molar-refractivity contribution in [1.29, 1.82) is 0 Å². The summed E-state index contributed by atoms with van der Waals surface area (Å²) in [4.78, 5) is 12.8. The number of nitrogens with zero attached hydrogens (tertiary/aromatic N) is 2. The number of sulfonamides is 1. The summed E-state index contributed by atoms with van der Waals surface area (Å²) in [6.45, 7) is 5.71. The molecule has 1 amide bonds. The number of hydrogen-bond donors (Lipinski definition) is 1. The fourth-order valence-corrected chi connectivity index (χ4v) is 3.88. The maximum Gasteiger partial charge on any atom is 0.245 e. The van der Waals surface area contributed by atoms with Crippen molar-refractivity contribution in [3.8, 4) is 0 Å². The van der Waals surface area contributed by atoms with Crippen LogP contribution < -0.4 is 4.72 Å². The van der Waals surface area contributed by atoms with Crippen LogP contribution in [-0.2, 0) is 14.8 Å². The van der Waals surface area contributed by atoms with Crippen LogP contribution in [0.1, 0.15) is 43.0 Å². The van der Waals surface area contributed by atoms with Crippen molar-refractivity contribution < 1.29 is 13.2 Å². The molecule has 0 aliphatic carbocycles. The van der Waals surface area contributed by atoms with Gasteiger partial charge >= 0.3 is 0 Å². The molecular formula is C21H25N3O3S. The Balaban J connectivity index is 2.04. The van der Waals surface area contributed by atoms with E-state index in [1.165, 1.54) is 0 Å². The van der Waals surface area contributed by atoms with Crippen LogP contribution in [0.4, 0.5) is 5.69 Å². The number of aryl methyl sites for hydroxylation is 1. The summed E-state index contributed by atoms with van der Waals surface area (Å²) in [5.41, 5.74) is 3.96. The van der Waals surface area contributed by atoms with Crippen molar-refractivity contribution >= 4 is 27.3 Å². The van der Waals surface area contributed by atoms with Gasteiger partial charge in [0.2, 0.25) is 15.9 Å². The van der Waals surface area contributed by atoms with Gasteiger partial charge in [-0.05, 0) is 18.6 Å². The summed E-state index contributed by atoms with van der Waals surface area (Å²) in [5.74, 6) is -0.255. The van der Waals surface area contributed by atoms with Gasteiger partial charge in [-0.1, -0.05) is 61.9 Å². The average molecular weight is 400 g/mol. The minimum absolute atomic E-state index is 0.0601. The van der Waals surface area contributed by atoms with E-state index < -0.39 is 10.0 Å². The Hall–Kier alpha value is -2.67. The summed E-state index contributed by atoms with van der Waals surface area (Å²) in [7, 11) is -3.43. The van der Waals surface area contributed by atoms with E-state index in [4.69, 9.17) is 0 Å². The van der Waals surface area contributed by atoms with Gasteiger partial charge in [-0.3, -0.25) is 9.52 Å². The lowest BCUT2D eigenvalue weighted by Crippen LogP contribution is -2.30. The first-order chi connectivity index (χ1) is 13.2. The Kier molecular flexibility index (Phi) is 5.56. The summed E-state index contributed by atoms with van der Waals surface area (Å²) < 4.78 is 26.0. The third kappa shape index (κ3) is 4.42. The molecule has 1 aliphatic rings. The molecule has 2 aromatic carbocycles. The van der Waals surface area contributed by atoms with Gasteiger partial charge in [-0.25, -0.2) is 13.4 Å². The van der Waals surface area contributed by atoms with Crippen LogP contribution in [0.2, 0.25) is 0 Å². The van der Waals surface area contributed by atoms with Gasteiger partial charge in [0.05, 0.1) is 23.7 Å². The predicted octanol–water partition coefficient (Wildman–Crippen LogP) is 3.70. The van der Waals surface area contributed by atoms with Gasteiger partial charge in [0, 0.05) is 17.9 Å². The molecule has 0 aromatic heterocycles. The molecule has 0 saturated heterocycles. The largest absolute Gasteiger partial charge is 0.283 e. The van der Waals surface area contributed by atoms with Crippen molar-refractivity contribution in [2.45, 2.75) is 33.2 Å². The average Bonchev–Trinajstić information content (AvgIpc) is 3.05. The molecule has 0 radical (unpaired) electrons. The van der Waals surface area contributed by atoms with E-state index in [2.05, 4.69) is 15.9 Å². The Morgan fingerprint density at radius 1 is 1.18 bits per heavy atom. The minimum atomic E-state index is -3.43. The Morgan fingerprint density at radius 3 is 2.54 bits per heavy atom. The normalized spacial score (nSPS) is 17.0. The summed E-state index contributed by atoms with van der Waals surface area (Å²) in [5, 5.41) is 6.17. The molecule has 148 valence electrons. The molecule has 0 fully saturated rings. The number of hydrogen-bond acceptors (Lipinski definition) is 4. The highest BCUT2D eigenvalue weighted by molar-refractivity contribution is 7.92. The molecule has 1 heterocycles. The predicted molar refractivity (Wildman–Crippen MR) is 112 cm³/mol. The molecule has 6 nitrogen and oxygen atoms in total. The molecule has 28 heavy (non-hydrogen) atoms. The topological polar surface area (TPSA) is 78.8 Å². The van der Waals surface area contributed by atoms with Crippen LogP contribution in [0.5, 0.6) is 0 Å². The third-order valence-corrected chi connectivity index (χ3v) is 5.18. The number of carbonyl (C=O) groups is 1. The number of nitrogens with one attached hydrogen (secondary N) is 1. The molecule has 0 unspecified atom stereocenters. The second kappa shape index (κ2) is 7.75. The molecule has 1 N–H and O–H groups in total. The molecule has 0 saturated carbocycles. The number of carbonyl (C=O) groups excluding carboxylic acids is 1. The van der Waals surface area contributed by atoms with Crippen LogP contribution in [0.15, 0.2) is 53.6 Å². The molecule has 3 rings (SSSR count). The molecule has 7 heteroatoms. The molecule has 1 atom stereocenters. The van der Waals surface area contributed by atoms with Gasteiger partial charge in [0.15, 0.2) is 0 Å². The number of benzene rings is 2. The number of rotatable bonds is 5. The van der Waals surface area contributed by atoms with Crippen LogP contribution in [-0.4, -0.2) is 31.3 Å². The second-order valence-corrected chi connectivity index (χ2v) is 9.19. The first-order valence-corrected chi connectivity index (χ1v) is 11.1. The molecule has 0 bridgehead atoms. The van der Waals surface area contributed by atoms with Crippen molar-refractivity contribution in [2.75, 3.05) is 11.0 Å². The van der Waals surface area contributed by atoms with Crippen LogP contribution in [0.3, 0.4) is 0 Å². The fourth-order valence-electron chi connectivity index (χ4n) is 3.30. The van der Waals surface area contributed by atoms with Crippen molar-refractivity contribution in [2.24, 2.45) is 11.0 Å². The number of para-hydroxylation sites is 1. The quantitative estimate of drug-likeness (QED) is 0.833. The van der Waals surface area contributed by atoms with Crippen LogP contribution in [0, 0.1) is 12.8 Å². The third-order valence-electron chi connectivity index (χ3n) is 4.59. The zero-order chi connectivity index (χ0) is 20.5. The van der Waals surface area contributed by atoms with Crippen molar-refractivity contribution in [3.63, 3.8) is 0 Å². The first kappa shape index (κ1) is 20.1. The van der Waals surface area contributed by atoms with Gasteiger partial charge in [0.25, 0.3) is 0 Å². The SMILES string of the molecule is Cc1cccc([C@H]2CC(c3ccccc3NS(C)(=O)=O)=NN2C(=O)C(C)C)c1. The van der Waals surface area contributed by atoms with E-state index in [1.54, 1.807) is 17.1 Å². The number of anilines is 1. The summed E-state index contributed by atoms with van der Waals surface area (Å²) >= 11 is 0. The van der Waals surface area contributed by atoms with E-state index >= 15 is 0 Å². The smallest absolute Gasteiger partial charge is 0.245 e. The highest BCUT2D eigenvalue weighted by Gasteiger charge is 2.34. The van der Waals surface area contributed by atoms with E-state index in [9.17, 15) is 13.2 Å².